The third kappa shape index (κ3) is 2.29. The Hall–Kier alpha value is -1.09. The molecule has 0 bridgehead atoms. The van der Waals surface area contributed by atoms with Crippen molar-refractivity contribution < 1.29 is 9.59 Å². The number of fused-ring (bicyclic) bond motifs is 1. The highest BCUT2D eigenvalue weighted by Crippen LogP contribution is 2.29. The van der Waals surface area contributed by atoms with Crippen molar-refractivity contribution in [1.82, 2.24) is 0 Å². The van der Waals surface area contributed by atoms with Gasteiger partial charge in [-0.05, 0) is 29.9 Å². The monoisotopic (exact) mass is 220 g/mol. The van der Waals surface area contributed by atoms with E-state index in [1.54, 1.807) is 11.8 Å². The second kappa shape index (κ2) is 4.62. The fourth-order valence-corrected chi connectivity index (χ4v) is 2.69. The topological polar surface area (TPSA) is 34.1 Å². The number of benzene rings is 1. The lowest BCUT2D eigenvalue weighted by molar-refractivity contribution is -0.107. The zero-order valence-corrected chi connectivity index (χ0v) is 9.18. The predicted molar refractivity (Wildman–Crippen MR) is 60.5 cm³/mol. The van der Waals surface area contributed by atoms with Crippen LogP contribution >= 0.6 is 11.8 Å². The molecule has 1 aliphatic heterocycles. The minimum atomic E-state index is 0.211. The standard InChI is InChI=1S/C12H12O2S/c13-6-5-9-3-4-12-10(8-9)11(14)2-1-7-15-12/h3-4,6,8H,1-2,5,7H2. The second-order valence-electron chi connectivity index (χ2n) is 3.58. The lowest BCUT2D eigenvalue weighted by Crippen LogP contribution is -2.00. The molecular weight excluding hydrogens is 208 g/mol. The molecule has 0 aliphatic carbocycles. The lowest BCUT2D eigenvalue weighted by Gasteiger charge is -2.05. The third-order valence-corrected chi connectivity index (χ3v) is 3.63. The number of aldehydes is 1. The number of hydrogen-bond acceptors (Lipinski definition) is 3. The molecule has 0 aromatic heterocycles. The number of hydrogen-bond donors (Lipinski definition) is 0. The third-order valence-electron chi connectivity index (χ3n) is 2.47. The first-order valence-electron chi connectivity index (χ1n) is 5.04. The summed E-state index contributed by atoms with van der Waals surface area (Å²) in [5, 5.41) is 0. The molecule has 1 heterocycles. The van der Waals surface area contributed by atoms with Crippen LogP contribution in [0.15, 0.2) is 23.1 Å². The molecule has 1 aromatic carbocycles. The minimum Gasteiger partial charge on any atom is -0.303 e. The highest BCUT2D eigenvalue weighted by atomic mass is 32.2. The normalized spacial score (nSPS) is 15.6. The Morgan fingerprint density at radius 3 is 3.07 bits per heavy atom. The van der Waals surface area contributed by atoms with Crippen LogP contribution in [0.5, 0.6) is 0 Å². The molecule has 0 atom stereocenters. The molecule has 0 N–H and O–H groups in total. The average Bonchev–Trinajstić information content (AvgIpc) is 2.42. The summed E-state index contributed by atoms with van der Waals surface area (Å²) in [5.41, 5.74) is 1.73. The Balaban J connectivity index is 2.39. The van der Waals surface area contributed by atoms with Crippen molar-refractivity contribution in [3.63, 3.8) is 0 Å². The van der Waals surface area contributed by atoms with Crippen molar-refractivity contribution in [2.45, 2.75) is 24.2 Å². The number of ketones is 1. The zero-order valence-electron chi connectivity index (χ0n) is 8.36. The first-order valence-corrected chi connectivity index (χ1v) is 6.02. The van der Waals surface area contributed by atoms with Gasteiger partial charge in [0.2, 0.25) is 0 Å². The molecule has 1 aromatic rings. The molecule has 3 heteroatoms. The summed E-state index contributed by atoms with van der Waals surface area (Å²) >= 11 is 1.73. The number of thioether (sulfide) groups is 1. The van der Waals surface area contributed by atoms with Gasteiger partial charge < -0.3 is 4.79 Å². The number of Topliss-reactive ketones (excluding diaryl/α,β-unsaturated/α-hetero) is 1. The van der Waals surface area contributed by atoms with Gasteiger partial charge in [-0.25, -0.2) is 0 Å². The van der Waals surface area contributed by atoms with Gasteiger partial charge in [-0.1, -0.05) is 6.07 Å². The van der Waals surface area contributed by atoms with Crippen LogP contribution in [0.3, 0.4) is 0 Å². The molecule has 2 rings (SSSR count). The van der Waals surface area contributed by atoms with Crippen LogP contribution in [0, 0.1) is 0 Å². The second-order valence-corrected chi connectivity index (χ2v) is 4.71. The number of rotatable bonds is 2. The fraction of sp³-hybridized carbons (Fsp3) is 0.333. The van der Waals surface area contributed by atoms with Gasteiger partial charge in [0.25, 0.3) is 0 Å². The molecule has 0 saturated carbocycles. The first kappa shape index (κ1) is 10.4. The van der Waals surface area contributed by atoms with Gasteiger partial charge in [0, 0.05) is 23.3 Å². The van der Waals surface area contributed by atoms with E-state index < -0.39 is 0 Å². The van der Waals surface area contributed by atoms with E-state index in [0.717, 1.165) is 34.5 Å². The van der Waals surface area contributed by atoms with Crippen molar-refractivity contribution >= 4 is 23.8 Å². The molecule has 0 fully saturated rings. The highest BCUT2D eigenvalue weighted by molar-refractivity contribution is 7.99. The van der Waals surface area contributed by atoms with E-state index in [0.29, 0.717) is 12.8 Å². The Labute approximate surface area is 93.1 Å². The molecule has 15 heavy (non-hydrogen) atoms. The van der Waals surface area contributed by atoms with Crippen LogP contribution in [-0.2, 0) is 11.2 Å². The number of carbonyl (C=O) groups is 2. The van der Waals surface area contributed by atoms with E-state index >= 15 is 0 Å². The predicted octanol–water partition coefficient (Wildman–Crippen LogP) is 2.50. The van der Waals surface area contributed by atoms with E-state index in [1.165, 1.54) is 0 Å². The van der Waals surface area contributed by atoms with Crippen LogP contribution < -0.4 is 0 Å². The number of carbonyl (C=O) groups excluding carboxylic acids is 2. The van der Waals surface area contributed by atoms with Gasteiger partial charge in [0.05, 0.1) is 0 Å². The van der Waals surface area contributed by atoms with Gasteiger partial charge in [0.1, 0.15) is 6.29 Å². The van der Waals surface area contributed by atoms with Gasteiger partial charge in [0.15, 0.2) is 5.78 Å². The SMILES string of the molecule is O=CCc1ccc2c(c1)C(=O)CCCS2. The summed E-state index contributed by atoms with van der Waals surface area (Å²) in [6.45, 7) is 0. The van der Waals surface area contributed by atoms with E-state index in [4.69, 9.17) is 0 Å². The maximum Gasteiger partial charge on any atom is 0.164 e. The highest BCUT2D eigenvalue weighted by Gasteiger charge is 2.15. The van der Waals surface area contributed by atoms with E-state index in [2.05, 4.69) is 0 Å². The van der Waals surface area contributed by atoms with Gasteiger partial charge >= 0.3 is 0 Å². The Kier molecular flexibility index (Phi) is 3.21. The molecular formula is C12H12O2S. The summed E-state index contributed by atoms with van der Waals surface area (Å²) in [6, 6.07) is 5.76. The Morgan fingerprint density at radius 2 is 2.27 bits per heavy atom. The fourth-order valence-electron chi connectivity index (χ4n) is 1.69. The summed E-state index contributed by atoms with van der Waals surface area (Å²) in [6.07, 6.45) is 2.84. The largest absolute Gasteiger partial charge is 0.303 e. The van der Waals surface area contributed by atoms with E-state index in [9.17, 15) is 9.59 Å². The van der Waals surface area contributed by atoms with Gasteiger partial charge in [-0.3, -0.25) is 4.79 Å². The van der Waals surface area contributed by atoms with Crippen LogP contribution in [0.2, 0.25) is 0 Å². The quantitative estimate of drug-likeness (QED) is 0.718. The van der Waals surface area contributed by atoms with E-state index in [1.807, 2.05) is 18.2 Å². The molecule has 0 spiro atoms. The lowest BCUT2D eigenvalue weighted by atomic mass is 10.0. The summed E-state index contributed by atoms with van der Waals surface area (Å²) in [5.74, 6) is 1.22. The molecule has 78 valence electrons. The zero-order chi connectivity index (χ0) is 10.7. The van der Waals surface area contributed by atoms with Crippen LogP contribution in [0.4, 0.5) is 0 Å². The molecule has 1 aliphatic rings. The van der Waals surface area contributed by atoms with Gasteiger partial charge in [-0.15, -0.1) is 11.8 Å². The summed E-state index contributed by atoms with van der Waals surface area (Å²) < 4.78 is 0. The van der Waals surface area contributed by atoms with Gasteiger partial charge in [-0.2, -0.15) is 0 Å². The smallest absolute Gasteiger partial charge is 0.164 e. The first-order chi connectivity index (χ1) is 7.31. The van der Waals surface area contributed by atoms with Crippen molar-refractivity contribution in [2.24, 2.45) is 0 Å². The van der Waals surface area contributed by atoms with Crippen LogP contribution in [-0.4, -0.2) is 17.8 Å². The molecule has 0 saturated heterocycles. The maximum atomic E-state index is 11.8. The van der Waals surface area contributed by atoms with E-state index in [-0.39, 0.29) is 5.78 Å². The molecule has 0 unspecified atom stereocenters. The molecule has 2 nitrogen and oxygen atoms in total. The minimum absolute atomic E-state index is 0.211. The average molecular weight is 220 g/mol. The van der Waals surface area contributed by atoms with Crippen molar-refractivity contribution in [3.8, 4) is 0 Å². The van der Waals surface area contributed by atoms with Crippen LogP contribution in [0.25, 0.3) is 0 Å². The Bertz CT molecular complexity index is 399. The van der Waals surface area contributed by atoms with Crippen molar-refractivity contribution in [2.75, 3.05) is 5.75 Å². The van der Waals surface area contributed by atoms with Crippen molar-refractivity contribution in [1.29, 1.82) is 0 Å². The maximum absolute atomic E-state index is 11.8. The molecule has 0 amide bonds. The summed E-state index contributed by atoms with van der Waals surface area (Å²) in [7, 11) is 0. The van der Waals surface area contributed by atoms with Crippen LogP contribution in [0.1, 0.15) is 28.8 Å². The molecule has 0 radical (unpaired) electrons. The Morgan fingerprint density at radius 1 is 1.40 bits per heavy atom. The summed E-state index contributed by atoms with van der Waals surface area (Å²) in [4.78, 5) is 23.2. The van der Waals surface area contributed by atoms with Crippen molar-refractivity contribution in [3.05, 3.63) is 29.3 Å².